The summed E-state index contributed by atoms with van der Waals surface area (Å²) in [5.74, 6) is -0.110. The monoisotopic (exact) mass is 258 g/mol. The number of nitrogens with one attached hydrogen (secondary N) is 1. The van der Waals surface area contributed by atoms with E-state index in [1.807, 2.05) is 37.5 Å². The molecule has 0 saturated carbocycles. The van der Waals surface area contributed by atoms with E-state index in [2.05, 4.69) is 10.3 Å². The Kier molecular flexibility index (Phi) is 3.55. The highest BCUT2D eigenvalue weighted by Crippen LogP contribution is 2.22. The molecule has 0 atom stereocenters. The van der Waals surface area contributed by atoms with E-state index in [-0.39, 0.29) is 12.5 Å². The summed E-state index contributed by atoms with van der Waals surface area (Å²) in [6.07, 6.45) is 1.67. The summed E-state index contributed by atoms with van der Waals surface area (Å²) >= 11 is 0. The molecule has 19 heavy (non-hydrogen) atoms. The number of para-hydroxylation sites is 1. The maximum absolute atomic E-state index is 12.0. The molecular weight excluding hydrogens is 240 g/mol. The van der Waals surface area contributed by atoms with Crippen molar-refractivity contribution in [3.8, 4) is 0 Å². The number of rotatable bonds is 3. The molecule has 0 spiro atoms. The lowest BCUT2D eigenvalue weighted by Gasteiger charge is -2.12. The second kappa shape index (κ2) is 5.14. The van der Waals surface area contributed by atoms with Crippen LogP contribution in [0.5, 0.6) is 0 Å². The van der Waals surface area contributed by atoms with Gasteiger partial charge in [-0.05, 0) is 32.4 Å². The first-order chi connectivity index (χ1) is 8.99. The molecule has 1 aromatic heterocycles. The Labute approximate surface area is 112 Å². The minimum atomic E-state index is -0.110. The van der Waals surface area contributed by atoms with E-state index in [9.17, 15) is 4.79 Å². The van der Waals surface area contributed by atoms with Crippen LogP contribution in [0.15, 0.2) is 24.5 Å². The number of hydrogen-bond donors (Lipinski definition) is 2. The van der Waals surface area contributed by atoms with Crippen molar-refractivity contribution >= 4 is 17.3 Å². The average Bonchev–Trinajstić information content (AvgIpc) is 2.66. The molecule has 3 N–H and O–H groups in total. The highest BCUT2D eigenvalue weighted by molar-refractivity contribution is 5.94. The summed E-state index contributed by atoms with van der Waals surface area (Å²) in [6.45, 7) is 6.01. The summed E-state index contributed by atoms with van der Waals surface area (Å²) < 4.78 is 1.82. The fraction of sp³-hybridized carbons (Fsp3) is 0.286. The summed E-state index contributed by atoms with van der Waals surface area (Å²) in [6, 6.07) is 5.55. The van der Waals surface area contributed by atoms with Crippen LogP contribution in [-0.2, 0) is 11.3 Å². The maximum Gasteiger partial charge on any atom is 0.244 e. The predicted octanol–water partition coefficient (Wildman–Crippen LogP) is 2.03. The van der Waals surface area contributed by atoms with E-state index in [0.717, 1.165) is 17.0 Å². The van der Waals surface area contributed by atoms with Gasteiger partial charge in [-0.15, -0.1) is 0 Å². The van der Waals surface area contributed by atoms with Gasteiger partial charge in [0.1, 0.15) is 6.54 Å². The van der Waals surface area contributed by atoms with Crippen molar-refractivity contribution in [2.75, 3.05) is 11.1 Å². The third kappa shape index (κ3) is 2.76. The van der Waals surface area contributed by atoms with Crippen molar-refractivity contribution < 1.29 is 4.79 Å². The van der Waals surface area contributed by atoms with Gasteiger partial charge in [0.2, 0.25) is 5.91 Å². The van der Waals surface area contributed by atoms with Gasteiger partial charge in [0.15, 0.2) is 0 Å². The summed E-state index contributed by atoms with van der Waals surface area (Å²) in [7, 11) is 0. The minimum Gasteiger partial charge on any atom is -0.397 e. The van der Waals surface area contributed by atoms with Crippen LogP contribution in [0.2, 0.25) is 0 Å². The van der Waals surface area contributed by atoms with Crippen LogP contribution in [0, 0.1) is 20.8 Å². The standard InChI is InChI=1S/C14H18N4O/c1-9-5-4-6-12(15)14(9)17-13(19)7-18-8-16-10(2)11(18)3/h4-6,8H,7,15H2,1-3H3,(H,17,19). The number of aryl methyl sites for hydroxylation is 2. The van der Waals surface area contributed by atoms with Gasteiger partial charge in [-0.1, -0.05) is 12.1 Å². The fourth-order valence-corrected chi connectivity index (χ4v) is 1.90. The van der Waals surface area contributed by atoms with Crippen LogP contribution < -0.4 is 11.1 Å². The molecule has 5 nitrogen and oxygen atoms in total. The summed E-state index contributed by atoms with van der Waals surface area (Å²) in [5.41, 5.74) is 10.00. The molecule has 2 rings (SSSR count). The van der Waals surface area contributed by atoms with Gasteiger partial charge in [-0.3, -0.25) is 4.79 Å². The van der Waals surface area contributed by atoms with Crippen molar-refractivity contribution in [3.63, 3.8) is 0 Å². The number of nitrogens with zero attached hydrogens (tertiary/aromatic N) is 2. The summed E-state index contributed by atoms with van der Waals surface area (Å²) in [4.78, 5) is 16.2. The minimum absolute atomic E-state index is 0.110. The zero-order valence-corrected chi connectivity index (χ0v) is 11.4. The van der Waals surface area contributed by atoms with Crippen LogP contribution in [0.1, 0.15) is 17.0 Å². The second-order valence-electron chi connectivity index (χ2n) is 4.63. The molecule has 1 aromatic carbocycles. The number of amides is 1. The molecule has 0 bridgehead atoms. The zero-order chi connectivity index (χ0) is 14.0. The normalized spacial score (nSPS) is 10.5. The maximum atomic E-state index is 12.0. The number of carbonyl (C=O) groups excluding carboxylic acids is 1. The number of imidazole rings is 1. The van der Waals surface area contributed by atoms with E-state index in [1.165, 1.54) is 0 Å². The molecule has 0 unspecified atom stereocenters. The molecule has 1 heterocycles. The molecular formula is C14H18N4O. The van der Waals surface area contributed by atoms with E-state index in [1.54, 1.807) is 12.4 Å². The van der Waals surface area contributed by atoms with Crippen LogP contribution in [0.4, 0.5) is 11.4 Å². The van der Waals surface area contributed by atoms with Gasteiger partial charge in [0, 0.05) is 5.69 Å². The van der Waals surface area contributed by atoms with Gasteiger partial charge in [-0.2, -0.15) is 0 Å². The second-order valence-corrected chi connectivity index (χ2v) is 4.63. The van der Waals surface area contributed by atoms with Crippen molar-refractivity contribution in [1.82, 2.24) is 9.55 Å². The van der Waals surface area contributed by atoms with Crippen LogP contribution in [0.3, 0.4) is 0 Å². The lowest BCUT2D eigenvalue weighted by Crippen LogP contribution is -2.20. The van der Waals surface area contributed by atoms with E-state index < -0.39 is 0 Å². The molecule has 0 saturated heterocycles. The smallest absolute Gasteiger partial charge is 0.244 e. The molecule has 5 heteroatoms. The van der Waals surface area contributed by atoms with Crippen molar-refractivity contribution in [3.05, 3.63) is 41.5 Å². The average molecular weight is 258 g/mol. The third-order valence-electron chi connectivity index (χ3n) is 3.23. The van der Waals surface area contributed by atoms with Crippen LogP contribution in [-0.4, -0.2) is 15.5 Å². The van der Waals surface area contributed by atoms with Crippen LogP contribution >= 0.6 is 0 Å². The number of carbonyl (C=O) groups is 1. The molecule has 0 aliphatic carbocycles. The molecule has 0 aliphatic heterocycles. The fourth-order valence-electron chi connectivity index (χ4n) is 1.90. The van der Waals surface area contributed by atoms with Crippen molar-refractivity contribution in [1.29, 1.82) is 0 Å². The zero-order valence-electron chi connectivity index (χ0n) is 11.4. The number of aromatic nitrogens is 2. The largest absolute Gasteiger partial charge is 0.397 e. The van der Waals surface area contributed by atoms with Gasteiger partial charge >= 0.3 is 0 Å². The Morgan fingerprint density at radius 3 is 2.68 bits per heavy atom. The van der Waals surface area contributed by atoms with Crippen LogP contribution in [0.25, 0.3) is 0 Å². The molecule has 0 fully saturated rings. The first kappa shape index (κ1) is 13.1. The highest BCUT2D eigenvalue weighted by atomic mass is 16.1. The lowest BCUT2D eigenvalue weighted by atomic mass is 10.1. The third-order valence-corrected chi connectivity index (χ3v) is 3.23. The highest BCUT2D eigenvalue weighted by Gasteiger charge is 2.10. The van der Waals surface area contributed by atoms with E-state index in [4.69, 9.17) is 5.73 Å². The Balaban J connectivity index is 2.12. The number of nitrogens with two attached hydrogens (primary N) is 1. The van der Waals surface area contributed by atoms with E-state index in [0.29, 0.717) is 11.4 Å². The Hall–Kier alpha value is -2.30. The number of nitrogen functional groups attached to an aromatic ring is 1. The SMILES string of the molecule is Cc1cccc(N)c1NC(=O)Cn1cnc(C)c1C. The van der Waals surface area contributed by atoms with Gasteiger partial charge in [-0.25, -0.2) is 4.98 Å². The van der Waals surface area contributed by atoms with Crippen molar-refractivity contribution in [2.45, 2.75) is 27.3 Å². The quantitative estimate of drug-likeness (QED) is 0.827. The summed E-state index contributed by atoms with van der Waals surface area (Å²) in [5, 5.41) is 2.85. The number of anilines is 2. The molecule has 1 amide bonds. The van der Waals surface area contributed by atoms with Gasteiger partial charge < -0.3 is 15.6 Å². The molecule has 2 aromatic rings. The topological polar surface area (TPSA) is 72.9 Å². The number of hydrogen-bond acceptors (Lipinski definition) is 3. The molecule has 0 aliphatic rings. The van der Waals surface area contributed by atoms with Crippen molar-refractivity contribution in [2.24, 2.45) is 0 Å². The number of benzene rings is 1. The van der Waals surface area contributed by atoms with E-state index >= 15 is 0 Å². The first-order valence-electron chi connectivity index (χ1n) is 6.12. The predicted molar refractivity (Wildman–Crippen MR) is 75.9 cm³/mol. The first-order valence-corrected chi connectivity index (χ1v) is 6.12. The van der Waals surface area contributed by atoms with Gasteiger partial charge in [0.05, 0.1) is 23.4 Å². The lowest BCUT2D eigenvalue weighted by molar-refractivity contribution is -0.116. The molecule has 0 radical (unpaired) electrons. The molecule has 100 valence electrons. The Morgan fingerprint density at radius 2 is 2.11 bits per heavy atom. The Morgan fingerprint density at radius 1 is 1.37 bits per heavy atom. The van der Waals surface area contributed by atoms with Gasteiger partial charge in [0.25, 0.3) is 0 Å². The Bertz CT molecular complexity index is 596.